The van der Waals surface area contributed by atoms with Gasteiger partial charge in [0, 0.05) is 31.6 Å². The predicted octanol–water partition coefficient (Wildman–Crippen LogP) is 2.07. The Kier molecular flexibility index (Phi) is 4.21. The molecule has 6 nitrogen and oxygen atoms in total. The van der Waals surface area contributed by atoms with Crippen molar-refractivity contribution in [1.82, 2.24) is 15.1 Å². The Morgan fingerprint density at radius 3 is 2.84 bits per heavy atom. The summed E-state index contributed by atoms with van der Waals surface area (Å²) in [5.41, 5.74) is 8.54. The smallest absolute Gasteiger partial charge is 0.254 e. The van der Waals surface area contributed by atoms with Gasteiger partial charge in [-0.05, 0) is 31.2 Å². The van der Waals surface area contributed by atoms with Crippen molar-refractivity contribution in [2.45, 2.75) is 32.4 Å². The van der Waals surface area contributed by atoms with Crippen LogP contribution in [0.2, 0.25) is 0 Å². The molecule has 25 heavy (non-hydrogen) atoms. The van der Waals surface area contributed by atoms with Crippen LogP contribution in [-0.2, 0) is 6.54 Å². The molecule has 1 fully saturated rings. The summed E-state index contributed by atoms with van der Waals surface area (Å²) in [6.45, 7) is 4.67. The van der Waals surface area contributed by atoms with Crippen LogP contribution in [0.1, 0.15) is 40.4 Å². The topological polar surface area (TPSA) is 85.0 Å². The number of nitrogens with one attached hydrogen (secondary N) is 2. The van der Waals surface area contributed by atoms with Crippen LogP contribution in [0.25, 0.3) is 0 Å². The molecule has 0 saturated heterocycles. The molecular formula is C19H25N5O. The van der Waals surface area contributed by atoms with Crippen molar-refractivity contribution in [3.05, 3.63) is 47.2 Å². The zero-order chi connectivity index (χ0) is 17.4. The number of rotatable bonds is 6. The maximum atomic E-state index is 11.4. The molecule has 0 spiro atoms. The third kappa shape index (κ3) is 3.39. The molecular weight excluding hydrogens is 314 g/mol. The van der Waals surface area contributed by atoms with Crippen LogP contribution in [-0.4, -0.2) is 28.8 Å². The minimum Gasteiger partial charge on any atom is -0.369 e. The third-order valence-corrected chi connectivity index (χ3v) is 5.25. The highest BCUT2D eigenvalue weighted by atomic mass is 16.1. The first kappa shape index (κ1) is 16.1. The number of hydrogen-bond acceptors (Lipinski definition) is 4. The standard InChI is InChI=1S/C19H25N5O/c1-12-2-4-14(5-3-12)17(15-6-7-15)21-8-13-9-22-19-16(18(20)25)10-23-24(19)11-13/h2-5,10,13,15,17,21-22H,6-9,11H2,1H3,(H2,20,25). The molecule has 1 aliphatic heterocycles. The number of fused-ring (bicyclic) bond motifs is 1. The van der Waals surface area contributed by atoms with Crippen LogP contribution >= 0.6 is 0 Å². The summed E-state index contributed by atoms with van der Waals surface area (Å²) < 4.78 is 1.86. The lowest BCUT2D eigenvalue weighted by molar-refractivity contribution is 0.100. The molecule has 0 radical (unpaired) electrons. The van der Waals surface area contributed by atoms with Crippen LogP contribution in [0.3, 0.4) is 0 Å². The van der Waals surface area contributed by atoms with E-state index in [2.05, 4.69) is 46.9 Å². The highest BCUT2D eigenvalue weighted by Crippen LogP contribution is 2.41. The quantitative estimate of drug-likeness (QED) is 0.752. The Bertz CT molecular complexity index is 763. The zero-order valence-corrected chi connectivity index (χ0v) is 14.5. The Hall–Kier alpha value is -2.34. The van der Waals surface area contributed by atoms with Gasteiger partial charge < -0.3 is 16.4 Å². The van der Waals surface area contributed by atoms with Gasteiger partial charge in [-0.15, -0.1) is 0 Å². The number of aryl methyl sites for hydroxylation is 1. The van der Waals surface area contributed by atoms with E-state index in [1.807, 2.05) is 4.68 Å². The monoisotopic (exact) mass is 339 g/mol. The minimum absolute atomic E-state index is 0.430. The van der Waals surface area contributed by atoms with Crippen molar-refractivity contribution in [3.8, 4) is 0 Å². The molecule has 1 amide bonds. The van der Waals surface area contributed by atoms with Gasteiger partial charge in [0.15, 0.2) is 0 Å². The lowest BCUT2D eigenvalue weighted by Crippen LogP contribution is -2.37. The summed E-state index contributed by atoms with van der Waals surface area (Å²) in [7, 11) is 0. The SMILES string of the molecule is Cc1ccc(C(NCC2CNc3c(C(N)=O)cnn3C2)C2CC2)cc1. The van der Waals surface area contributed by atoms with Crippen LogP contribution < -0.4 is 16.4 Å². The van der Waals surface area contributed by atoms with E-state index in [1.54, 1.807) is 6.20 Å². The average molecular weight is 339 g/mol. The van der Waals surface area contributed by atoms with Gasteiger partial charge in [-0.25, -0.2) is 4.68 Å². The fourth-order valence-corrected chi connectivity index (χ4v) is 3.63. The van der Waals surface area contributed by atoms with Crippen LogP contribution in [0, 0.1) is 18.8 Å². The molecule has 6 heteroatoms. The van der Waals surface area contributed by atoms with Crippen LogP contribution in [0.4, 0.5) is 5.82 Å². The molecule has 4 N–H and O–H groups in total. The van der Waals surface area contributed by atoms with Crippen LogP contribution in [0.5, 0.6) is 0 Å². The largest absolute Gasteiger partial charge is 0.369 e. The first-order valence-corrected chi connectivity index (χ1v) is 9.01. The Morgan fingerprint density at radius 1 is 1.40 bits per heavy atom. The number of benzene rings is 1. The number of carbonyl (C=O) groups excluding carboxylic acids is 1. The molecule has 1 aliphatic carbocycles. The fraction of sp³-hybridized carbons (Fsp3) is 0.474. The van der Waals surface area contributed by atoms with Gasteiger partial charge in [0.05, 0.1) is 6.20 Å². The molecule has 1 aromatic heterocycles. The van der Waals surface area contributed by atoms with Crippen molar-refractivity contribution in [2.24, 2.45) is 17.6 Å². The Balaban J connectivity index is 1.40. The number of aromatic nitrogens is 2. The summed E-state index contributed by atoms with van der Waals surface area (Å²) in [6, 6.07) is 9.30. The molecule has 4 rings (SSSR count). The minimum atomic E-state index is -0.432. The van der Waals surface area contributed by atoms with Gasteiger partial charge in [-0.3, -0.25) is 4.79 Å². The van der Waals surface area contributed by atoms with Crippen molar-refractivity contribution < 1.29 is 4.79 Å². The molecule has 2 heterocycles. The van der Waals surface area contributed by atoms with E-state index in [0.29, 0.717) is 17.5 Å². The normalized spacial score (nSPS) is 20.6. The van der Waals surface area contributed by atoms with E-state index in [0.717, 1.165) is 31.4 Å². The average Bonchev–Trinajstić information content (AvgIpc) is 3.34. The van der Waals surface area contributed by atoms with Crippen molar-refractivity contribution in [2.75, 3.05) is 18.4 Å². The number of amides is 1. The maximum absolute atomic E-state index is 11.4. The lowest BCUT2D eigenvalue weighted by Gasteiger charge is -2.28. The summed E-state index contributed by atoms with van der Waals surface area (Å²) in [5.74, 6) is 1.50. The molecule has 2 aromatic rings. The molecule has 2 aliphatic rings. The number of carbonyl (C=O) groups is 1. The summed E-state index contributed by atoms with van der Waals surface area (Å²) >= 11 is 0. The van der Waals surface area contributed by atoms with Crippen molar-refractivity contribution >= 4 is 11.7 Å². The second-order valence-electron chi connectivity index (χ2n) is 7.33. The number of anilines is 1. The van der Waals surface area contributed by atoms with Crippen LogP contribution in [0.15, 0.2) is 30.5 Å². The van der Waals surface area contributed by atoms with Gasteiger partial charge in [-0.1, -0.05) is 29.8 Å². The fourth-order valence-electron chi connectivity index (χ4n) is 3.63. The summed E-state index contributed by atoms with van der Waals surface area (Å²) in [4.78, 5) is 11.4. The first-order valence-electron chi connectivity index (χ1n) is 9.01. The van der Waals surface area contributed by atoms with E-state index in [1.165, 1.54) is 24.0 Å². The molecule has 1 saturated carbocycles. The highest BCUT2D eigenvalue weighted by Gasteiger charge is 2.33. The molecule has 0 bridgehead atoms. The Morgan fingerprint density at radius 2 is 2.16 bits per heavy atom. The van der Waals surface area contributed by atoms with Gasteiger partial charge >= 0.3 is 0 Å². The third-order valence-electron chi connectivity index (χ3n) is 5.25. The second kappa shape index (κ2) is 6.52. The van der Waals surface area contributed by atoms with E-state index in [4.69, 9.17) is 5.73 Å². The second-order valence-corrected chi connectivity index (χ2v) is 7.33. The first-order chi connectivity index (χ1) is 12.1. The number of primary amides is 1. The van der Waals surface area contributed by atoms with Crippen molar-refractivity contribution in [3.63, 3.8) is 0 Å². The summed E-state index contributed by atoms with van der Waals surface area (Å²) in [5, 5.41) is 11.4. The van der Waals surface area contributed by atoms with Gasteiger partial charge in [0.2, 0.25) is 0 Å². The Labute approximate surface area is 147 Å². The van der Waals surface area contributed by atoms with E-state index in [9.17, 15) is 4.79 Å². The summed E-state index contributed by atoms with van der Waals surface area (Å²) in [6.07, 6.45) is 4.17. The molecule has 2 unspecified atom stereocenters. The van der Waals surface area contributed by atoms with E-state index < -0.39 is 5.91 Å². The van der Waals surface area contributed by atoms with Gasteiger partial charge in [-0.2, -0.15) is 5.10 Å². The number of hydrogen-bond donors (Lipinski definition) is 3. The number of nitrogens with two attached hydrogens (primary N) is 1. The molecule has 132 valence electrons. The maximum Gasteiger partial charge on any atom is 0.254 e. The molecule has 2 atom stereocenters. The highest BCUT2D eigenvalue weighted by molar-refractivity contribution is 5.97. The molecule has 1 aromatic carbocycles. The van der Waals surface area contributed by atoms with Gasteiger partial charge in [0.1, 0.15) is 11.4 Å². The number of nitrogens with zero attached hydrogens (tertiary/aromatic N) is 2. The van der Waals surface area contributed by atoms with Crippen molar-refractivity contribution in [1.29, 1.82) is 0 Å². The predicted molar refractivity (Wildman–Crippen MR) is 97.4 cm³/mol. The van der Waals surface area contributed by atoms with E-state index in [-0.39, 0.29) is 0 Å². The van der Waals surface area contributed by atoms with E-state index >= 15 is 0 Å². The van der Waals surface area contributed by atoms with Gasteiger partial charge in [0.25, 0.3) is 5.91 Å². The zero-order valence-electron chi connectivity index (χ0n) is 14.5. The lowest BCUT2D eigenvalue weighted by atomic mass is 9.99.